The van der Waals surface area contributed by atoms with Gasteiger partial charge < -0.3 is 15.0 Å². The van der Waals surface area contributed by atoms with Gasteiger partial charge in [-0.1, -0.05) is 19.8 Å². The van der Waals surface area contributed by atoms with Crippen molar-refractivity contribution in [2.45, 2.75) is 52.1 Å². The van der Waals surface area contributed by atoms with Crippen molar-refractivity contribution in [3.63, 3.8) is 0 Å². The molecule has 0 bridgehead atoms. The molecular weight excluding hydrogens is 441 g/mol. The predicted molar refractivity (Wildman–Crippen MR) is 116 cm³/mol. The topological polar surface area (TPSA) is 54.7 Å². The van der Waals surface area contributed by atoms with Gasteiger partial charge in [-0.05, 0) is 31.6 Å². The van der Waals surface area contributed by atoms with E-state index in [0.29, 0.717) is 5.41 Å². The smallest absolute Gasteiger partial charge is 0.194 e. The van der Waals surface area contributed by atoms with E-state index < -0.39 is 0 Å². The number of hydrogen-bond acceptors (Lipinski definition) is 3. The third kappa shape index (κ3) is 5.12. The summed E-state index contributed by atoms with van der Waals surface area (Å²) in [5.74, 6) is 1.04. The van der Waals surface area contributed by atoms with Gasteiger partial charge >= 0.3 is 0 Å². The molecule has 26 heavy (non-hydrogen) atoms. The van der Waals surface area contributed by atoms with Crippen LogP contribution in [-0.2, 0) is 11.8 Å². The van der Waals surface area contributed by atoms with Gasteiger partial charge in [-0.3, -0.25) is 9.67 Å². The van der Waals surface area contributed by atoms with Crippen LogP contribution < -0.4 is 5.32 Å². The van der Waals surface area contributed by atoms with Gasteiger partial charge in [0.2, 0.25) is 0 Å². The zero-order valence-electron chi connectivity index (χ0n) is 16.4. The number of guanidine groups is 1. The van der Waals surface area contributed by atoms with Crippen molar-refractivity contribution in [2.75, 3.05) is 32.8 Å². The molecule has 1 saturated heterocycles. The zero-order chi connectivity index (χ0) is 17.7. The monoisotopic (exact) mass is 475 g/mol. The van der Waals surface area contributed by atoms with Crippen molar-refractivity contribution >= 4 is 29.9 Å². The van der Waals surface area contributed by atoms with Crippen molar-refractivity contribution in [3.8, 4) is 0 Å². The Bertz CT molecular complexity index is 582. The van der Waals surface area contributed by atoms with E-state index in [0.717, 1.165) is 44.3 Å². The van der Waals surface area contributed by atoms with Crippen LogP contribution in [-0.4, -0.2) is 53.4 Å². The van der Waals surface area contributed by atoms with E-state index in [-0.39, 0.29) is 30.1 Å². The summed E-state index contributed by atoms with van der Waals surface area (Å²) < 4.78 is 7.81. The second kappa shape index (κ2) is 9.92. The highest BCUT2D eigenvalue weighted by Crippen LogP contribution is 2.41. The van der Waals surface area contributed by atoms with Crippen LogP contribution in [0.15, 0.2) is 17.4 Å². The number of aromatic nitrogens is 2. The first-order valence-electron chi connectivity index (χ1n) is 9.79. The Hall–Kier alpha value is -0.830. The molecule has 6 nitrogen and oxygen atoms in total. The molecule has 0 spiro atoms. The second-order valence-corrected chi connectivity index (χ2v) is 7.48. The molecule has 0 aromatic carbocycles. The molecule has 1 saturated carbocycles. The summed E-state index contributed by atoms with van der Waals surface area (Å²) in [5.41, 5.74) is 1.57. The van der Waals surface area contributed by atoms with E-state index in [9.17, 15) is 0 Å². The highest BCUT2D eigenvalue weighted by molar-refractivity contribution is 14.0. The molecule has 2 aliphatic rings. The van der Waals surface area contributed by atoms with Crippen LogP contribution in [0.1, 0.15) is 57.6 Å². The lowest BCUT2D eigenvalue weighted by Gasteiger charge is -2.35. The summed E-state index contributed by atoms with van der Waals surface area (Å²) in [6.45, 7) is 8.75. The Morgan fingerprint density at radius 2 is 2.15 bits per heavy atom. The standard InChI is InChI=1S/C19H33N5O.HI/c1-4-19(8-6-7-9-19)15-21-18(20-5-2)24-10-11-25-17(14-24)16-12-22-23(3)13-16;/h12-13,17H,4-11,14-15H2,1-3H3,(H,20,21);1H. The molecular formula is C19H34IN5O. The molecule has 1 N–H and O–H groups in total. The molecule has 1 atom stereocenters. The van der Waals surface area contributed by atoms with Crippen LogP contribution in [0.2, 0.25) is 0 Å². The van der Waals surface area contributed by atoms with Gasteiger partial charge in [-0.2, -0.15) is 5.10 Å². The lowest BCUT2D eigenvalue weighted by atomic mass is 9.83. The maximum Gasteiger partial charge on any atom is 0.194 e. The molecule has 2 fully saturated rings. The van der Waals surface area contributed by atoms with Gasteiger partial charge in [-0.15, -0.1) is 24.0 Å². The second-order valence-electron chi connectivity index (χ2n) is 7.48. The summed E-state index contributed by atoms with van der Waals surface area (Å²) in [6, 6.07) is 0. The number of aryl methyl sites for hydroxylation is 1. The van der Waals surface area contributed by atoms with Gasteiger partial charge in [0.05, 0.1) is 19.3 Å². The summed E-state index contributed by atoms with van der Waals surface area (Å²) >= 11 is 0. The normalized spacial score (nSPS) is 23.0. The Morgan fingerprint density at radius 1 is 1.38 bits per heavy atom. The molecule has 148 valence electrons. The molecule has 0 radical (unpaired) electrons. The van der Waals surface area contributed by atoms with E-state index in [2.05, 4.69) is 29.2 Å². The number of rotatable bonds is 5. The lowest BCUT2D eigenvalue weighted by Crippen LogP contribution is -2.48. The molecule has 1 aromatic heterocycles. The van der Waals surface area contributed by atoms with Crippen LogP contribution in [0.3, 0.4) is 0 Å². The van der Waals surface area contributed by atoms with Crippen molar-refractivity contribution in [2.24, 2.45) is 17.5 Å². The molecule has 1 aliphatic carbocycles. The van der Waals surface area contributed by atoms with Crippen molar-refractivity contribution in [1.82, 2.24) is 20.0 Å². The minimum atomic E-state index is 0. The number of halogens is 1. The molecule has 0 amide bonds. The molecule has 1 aliphatic heterocycles. The number of aliphatic imine (C=N–C) groups is 1. The fraction of sp³-hybridized carbons (Fsp3) is 0.789. The Balaban J connectivity index is 0.00000243. The number of nitrogens with zero attached hydrogens (tertiary/aromatic N) is 4. The third-order valence-corrected chi connectivity index (χ3v) is 5.78. The SMILES string of the molecule is CCNC(=NCC1(CC)CCCC1)N1CCOC(c2cnn(C)c2)C1.I. The first-order valence-corrected chi connectivity index (χ1v) is 9.79. The number of hydrogen-bond donors (Lipinski definition) is 1. The van der Waals surface area contributed by atoms with E-state index in [1.54, 1.807) is 0 Å². The third-order valence-electron chi connectivity index (χ3n) is 5.78. The number of nitrogens with one attached hydrogen (secondary N) is 1. The van der Waals surface area contributed by atoms with Gasteiger partial charge in [0.15, 0.2) is 5.96 Å². The molecule has 7 heteroatoms. The summed E-state index contributed by atoms with van der Waals surface area (Å²) in [7, 11) is 1.95. The zero-order valence-corrected chi connectivity index (χ0v) is 18.7. The highest BCUT2D eigenvalue weighted by atomic mass is 127. The van der Waals surface area contributed by atoms with Crippen LogP contribution in [0.25, 0.3) is 0 Å². The highest BCUT2D eigenvalue weighted by Gasteiger charge is 2.32. The summed E-state index contributed by atoms with van der Waals surface area (Å²) in [6.07, 6.45) is 10.6. The largest absolute Gasteiger partial charge is 0.370 e. The minimum absolute atomic E-state index is 0. The van der Waals surface area contributed by atoms with Crippen LogP contribution >= 0.6 is 24.0 Å². The number of morpholine rings is 1. The minimum Gasteiger partial charge on any atom is -0.370 e. The molecule has 1 unspecified atom stereocenters. The van der Waals surface area contributed by atoms with Gasteiger partial charge in [0.1, 0.15) is 6.10 Å². The van der Waals surface area contributed by atoms with Gasteiger partial charge in [0.25, 0.3) is 0 Å². The lowest BCUT2D eigenvalue weighted by molar-refractivity contribution is -0.00811. The first-order chi connectivity index (χ1) is 12.2. The quantitative estimate of drug-likeness (QED) is 0.403. The van der Waals surface area contributed by atoms with Crippen LogP contribution in [0.4, 0.5) is 0 Å². The van der Waals surface area contributed by atoms with Gasteiger partial charge in [-0.25, -0.2) is 0 Å². The maximum absolute atomic E-state index is 5.98. The first kappa shape index (κ1) is 21.5. The van der Waals surface area contributed by atoms with Crippen LogP contribution in [0, 0.1) is 5.41 Å². The number of ether oxygens (including phenoxy) is 1. The fourth-order valence-electron chi connectivity index (χ4n) is 4.07. The summed E-state index contributed by atoms with van der Waals surface area (Å²) in [5, 5.41) is 7.77. The van der Waals surface area contributed by atoms with E-state index in [1.165, 1.54) is 32.1 Å². The average Bonchev–Trinajstić information content (AvgIpc) is 3.28. The van der Waals surface area contributed by atoms with E-state index >= 15 is 0 Å². The van der Waals surface area contributed by atoms with Crippen LogP contribution in [0.5, 0.6) is 0 Å². The Labute approximate surface area is 174 Å². The van der Waals surface area contributed by atoms with Crippen molar-refractivity contribution < 1.29 is 4.74 Å². The Kier molecular flexibility index (Phi) is 8.19. The van der Waals surface area contributed by atoms with E-state index in [4.69, 9.17) is 9.73 Å². The summed E-state index contributed by atoms with van der Waals surface area (Å²) in [4.78, 5) is 7.40. The van der Waals surface area contributed by atoms with E-state index in [1.807, 2.05) is 24.1 Å². The van der Waals surface area contributed by atoms with Gasteiger partial charge in [0, 0.05) is 38.4 Å². The Morgan fingerprint density at radius 3 is 2.77 bits per heavy atom. The average molecular weight is 475 g/mol. The fourth-order valence-corrected chi connectivity index (χ4v) is 4.07. The predicted octanol–water partition coefficient (Wildman–Crippen LogP) is 3.35. The van der Waals surface area contributed by atoms with Crippen molar-refractivity contribution in [1.29, 1.82) is 0 Å². The molecule has 3 rings (SSSR count). The molecule has 2 heterocycles. The maximum atomic E-state index is 5.98. The molecule has 1 aromatic rings. The van der Waals surface area contributed by atoms with Crippen molar-refractivity contribution in [3.05, 3.63) is 18.0 Å².